The lowest BCUT2D eigenvalue weighted by Crippen LogP contribution is -2.24. The molecular weight excluding hydrogens is 252 g/mol. The minimum absolute atomic E-state index is 0.137. The van der Waals surface area contributed by atoms with Crippen LogP contribution in [-0.4, -0.2) is 20.9 Å². The van der Waals surface area contributed by atoms with Gasteiger partial charge in [-0.3, -0.25) is 9.78 Å². The summed E-state index contributed by atoms with van der Waals surface area (Å²) in [6.07, 6.45) is 7.37. The molecule has 2 aromatic heterocycles. The first kappa shape index (κ1) is 12.7. The molecule has 1 aliphatic carbocycles. The number of pyridine rings is 1. The van der Waals surface area contributed by atoms with Crippen LogP contribution in [0.2, 0.25) is 0 Å². The van der Waals surface area contributed by atoms with Crippen molar-refractivity contribution in [1.29, 1.82) is 0 Å². The highest BCUT2D eigenvalue weighted by atomic mass is 16.1. The van der Waals surface area contributed by atoms with Crippen molar-refractivity contribution in [3.63, 3.8) is 0 Å². The molecule has 2 heterocycles. The molecule has 0 aliphatic heterocycles. The van der Waals surface area contributed by atoms with Gasteiger partial charge in [0.2, 0.25) is 0 Å². The van der Waals surface area contributed by atoms with E-state index in [1.54, 1.807) is 18.6 Å². The van der Waals surface area contributed by atoms with Crippen molar-refractivity contribution in [2.24, 2.45) is 0 Å². The molecule has 0 unspecified atom stereocenters. The van der Waals surface area contributed by atoms with Crippen molar-refractivity contribution >= 4 is 5.91 Å². The van der Waals surface area contributed by atoms with E-state index in [4.69, 9.17) is 0 Å². The summed E-state index contributed by atoms with van der Waals surface area (Å²) in [6, 6.07) is 3.75. The smallest absolute Gasteiger partial charge is 0.254 e. The number of aromatic nitrogens is 3. The fraction of sp³-hybridized carbons (Fsp3) is 0.333. The Morgan fingerprint density at radius 2 is 2.10 bits per heavy atom. The lowest BCUT2D eigenvalue weighted by atomic mass is 10.2. The number of hydrogen-bond acceptors (Lipinski definition) is 4. The normalized spacial score (nSPS) is 14.1. The molecule has 1 saturated carbocycles. The van der Waals surface area contributed by atoms with Crippen molar-refractivity contribution in [3.05, 3.63) is 53.4 Å². The first-order valence-electron chi connectivity index (χ1n) is 6.74. The van der Waals surface area contributed by atoms with Gasteiger partial charge in [0.05, 0.1) is 11.3 Å². The van der Waals surface area contributed by atoms with E-state index in [1.807, 2.05) is 19.1 Å². The van der Waals surface area contributed by atoms with Crippen LogP contribution in [0.3, 0.4) is 0 Å². The molecule has 1 aliphatic rings. The summed E-state index contributed by atoms with van der Waals surface area (Å²) in [5.74, 6) is 1.23. The van der Waals surface area contributed by atoms with Gasteiger partial charge < -0.3 is 5.32 Å². The van der Waals surface area contributed by atoms with Crippen molar-refractivity contribution in [3.8, 4) is 0 Å². The Morgan fingerprint density at radius 1 is 1.35 bits per heavy atom. The summed E-state index contributed by atoms with van der Waals surface area (Å²) in [7, 11) is 0. The number of aryl methyl sites for hydroxylation is 1. The fourth-order valence-electron chi connectivity index (χ4n) is 2.02. The van der Waals surface area contributed by atoms with E-state index >= 15 is 0 Å². The molecule has 0 atom stereocenters. The quantitative estimate of drug-likeness (QED) is 0.920. The summed E-state index contributed by atoms with van der Waals surface area (Å²) in [6.45, 7) is 2.33. The number of nitrogens with one attached hydrogen (secondary N) is 1. The molecule has 2 aromatic rings. The van der Waals surface area contributed by atoms with Crippen molar-refractivity contribution in [2.45, 2.75) is 32.2 Å². The van der Waals surface area contributed by atoms with Crippen LogP contribution in [0.25, 0.3) is 0 Å². The third-order valence-electron chi connectivity index (χ3n) is 3.39. The molecule has 1 amide bonds. The second-order valence-electron chi connectivity index (χ2n) is 5.04. The van der Waals surface area contributed by atoms with E-state index in [0.717, 1.165) is 29.9 Å². The molecule has 1 N–H and O–H groups in total. The standard InChI is InChI=1S/C15H16N4O/c1-10-13(9-17-14(19-10)12-2-3-12)15(20)18-8-11-4-6-16-7-5-11/h4-7,9,12H,2-3,8H2,1H3,(H,18,20). The summed E-state index contributed by atoms with van der Waals surface area (Å²) in [5.41, 5.74) is 2.30. The van der Waals surface area contributed by atoms with Crippen molar-refractivity contribution in [1.82, 2.24) is 20.3 Å². The summed E-state index contributed by atoms with van der Waals surface area (Å²) < 4.78 is 0. The third kappa shape index (κ3) is 2.82. The van der Waals surface area contributed by atoms with E-state index < -0.39 is 0 Å². The van der Waals surface area contributed by atoms with Gasteiger partial charge in [-0.25, -0.2) is 9.97 Å². The molecule has 5 nitrogen and oxygen atoms in total. The number of nitrogens with zero attached hydrogens (tertiary/aromatic N) is 3. The van der Waals surface area contributed by atoms with E-state index in [0.29, 0.717) is 18.0 Å². The highest BCUT2D eigenvalue weighted by Crippen LogP contribution is 2.37. The molecular formula is C15H16N4O. The Hall–Kier alpha value is -2.30. The number of carbonyl (C=O) groups is 1. The second kappa shape index (κ2) is 5.36. The molecule has 3 rings (SSSR count). The molecule has 0 aromatic carbocycles. The van der Waals surface area contributed by atoms with E-state index in [2.05, 4.69) is 20.3 Å². The van der Waals surface area contributed by atoms with Gasteiger partial charge in [0.15, 0.2) is 0 Å². The Labute approximate surface area is 117 Å². The minimum Gasteiger partial charge on any atom is -0.348 e. The van der Waals surface area contributed by atoms with Gasteiger partial charge in [0.1, 0.15) is 5.82 Å². The molecule has 102 valence electrons. The second-order valence-corrected chi connectivity index (χ2v) is 5.04. The molecule has 0 spiro atoms. The van der Waals surface area contributed by atoms with Gasteiger partial charge in [-0.1, -0.05) is 0 Å². The Kier molecular flexibility index (Phi) is 3.41. The van der Waals surface area contributed by atoms with Crippen LogP contribution >= 0.6 is 0 Å². The zero-order chi connectivity index (χ0) is 13.9. The predicted molar refractivity (Wildman–Crippen MR) is 74.2 cm³/mol. The number of hydrogen-bond donors (Lipinski definition) is 1. The average Bonchev–Trinajstić information content (AvgIpc) is 3.30. The molecule has 0 bridgehead atoms. The molecule has 5 heteroatoms. The zero-order valence-corrected chi connectivity index (χ0v) is 11.3. The maximum atomic E-state index is 12.1. The Bertz CT molecular complexity index is 623. The van der Waals surface area contributed by atoms with Crippen molar-refractivity contribution < 1.29 is 4.79 Å². The van der Waals surface area contributed by atoms with E-state index in [1.165, 1.54) is 0 Å². The average molecular weight is 268 g/mol. The molecule has 0 radical (unpaired) electrons. The number of rotatable bonds is 4. The lowest BCUT2D eigenvalue weighted by molar-refractivity contribution is 0.0949. The van der Waals surface area contributed by atoms with Gasteiger partial charge in [-0.15, -0.1) is 0 Å². The lowest BCUT2D eigenvalue weighted by Gasteiger charge is -2.08. The van der Waals surface area contributed by atoms with Gasteiger partial charge in [0.25, 0.3) is 5.91 Å². The van der Waals surface area contributed by atoms with Crippen molar-refractivity contribution in [2.75, 3.05) is 0 Å². The first-order valence-corrected chi connectivity index (χ1v) is 6.74. The highest BCUT2D eigenvalue weighted by molar-refractivity contribution is 5.94. The molecule has 20 heavy (non-hydrogen) atoms. The van der Waals surface area contributed by atoms with Crippen LogP contribution in [-0.2, 0) is 6.54 Å². The summed E-state index contributed by atoms with van der Waals surface area (Å²) >= 11 is 0. The highest BCUT2D eigenvalue weighted by Gasteiger charge is 2.27. The zero-order valence-electron chi connectivity index (χ0n) is 11.3. The van der Waals surface area contributed by atoms with Gasteiger partial charge in [-0.2, -0.15) is 0 Å². The predicted octanol–water partition coefficient (Wildman–Crippen LogP) is 1.99. The van der Waals surface area contributed by atoms with Crippen LogP contribution < -0.4 is 5.32 Å². The van der Waals surface area contributed by atoms with Crippen LogP contribution in [0, 0.1) is 6.92 Å². The maximum absolute atomic E-state index is 12.1. The minimum atomic E-state index is -0.137. The summed E-state index contributed by atoms with van der Waals surface area (Å²) in [4.78, 5) is 24.8. The number of carbonyl (C=O) groups excluding carboxylic acids is 1. The van der Waals surface area contributed by atoms with Gasteiger partial charge in [-0.05, 0) is 37.5 Å². The first-order chi connectivity index (χ1) is 9.74. The monoisotopic (exact) mass is 268 g/mol. The van der Waals surface area contributed by atoms with E-state index in [9.17, 15) is 4.79 Å². The van der Waals surface area contributed by atoms with Gasteiger partial charge in [0, 0.05) is 31.1 Å². The van der Waals surface area contributed by atoms with E-state index in [-0.39, 0.29) is 5.91 Å². The Morgan fingerprint density at radius 3 is 2.75 bits per heavy atom. The van der Waals surface area contributed by atoms with Crippen LogP contribution in [0.1, 0.15) is 46.2 Å². The van der Waals surface area contributed by atoms with Crippen LogP contribution in [0.15, 0.2) is 30.7 Å². The van der Waals surface area contributed by atoms with Crippen LogP contribution in [0.5, 0.6) is 0 Å². The number of amides is 1. The third-order valence-corrected chi connectivity index (χ3v) is 3.39. The van der Waals surface area contributed by atoms with Gasteiger partial charge >= 0.3 is 0 Å². The summed E-state index contributed by atoms with van der Waals surface area (Å²) in [5, 5.41) is 2.87. The SMILES string of the molecule is Cc1nc(C2CC2)ncc1C(=O)NCc1ccncc1. The van der Waals surface area contributed by atoms with Crippen LogP contribution in [0.4, 0.5) is 0 Å². The Balaban J connectivity index is 1.67. The fourth-order valence-corrected chi connectivity index (χ4v) is 2.02. The molecule has 0 saturated heterocycles. The largest absolute Gasteiger partial charge is 0.348 e. The topological polar surface area (TPSA) is 67.8 Å². The maximum Gasteiger partial charge on any atom is 0.254 e. The molecule has 1 fully saturated rings.